The first-order valence-corrected chi connectivity index (χ1v) is 8.90. The van der Waals surface area contributed by atoms with Gasteiger partial charge in [-0.1, -0.05) is 0 Å². The van der Waals surface area contributed by atoms with Crippen LogP contribution in [-0.2, 0) is 18.9 Å². The van der Waals surface area contributed by atoms with E-state index in [1.165, 1.54) is 20.3 Å². The van der Waals surface area contributed by atoms with Crippen molar-refractivity contribution in [2.24, 2.45) is 0 Å². The van der Waals surface area contributed by atoms with Crippen LogP contribution in [0.25, 0.3) is 11.0 Å². The first-order valence-electron chi connectivity index (χ1n) is 8.90. The Morgan fingerprint density at radius 2 is 1.83 bits per heavy atom. The van der Waals surface area contributed by atoms with Crippen LogP contribution in [0.4, 0.5) is 10.5 Å². The van der Waals surface area contributed by atoms with Crippen molar-refractivity contribution < 1.29 is 37.6 Å². The number of hydrogen-bond acceptors (Lipinski definition) is 10. The van der Waals surface area contributed by atoms with Crippen LogP contribution in [0.5, 0.6) is 11.5 Å². The van der Waals surface area contributed by atoms with E-state index in [2.05, 4.69) is 0 Å². The second-order valence-corrected chi connectivity index (χ2v) is 7.28. The fraction of sp³-hybridized carbons (Fsp3) is 0.474. The van der Waals surface area contributed by atoms with E-state index in [1.54, 1.807) is 26.0 Å². The van der Waals surface area contributed by atoms with Crippen LogP contribution in [0, 0.1) is 0 Å². The molecule has 0 spiro atoms. The number of nitrogens with two attached hydrogens (primary N) is 1. The van der Waals surface area contributed by atoms with Gasteiger partial charge < -0.3 is 38.6 Å². The maximum Gasteiger partial charge on any atom is 0.509 e. The lowest BCUT2D eigenvalue weighted by molar-refractivity contribution is -0.283. The predicted molar refractivity (Wildman–Crippen MR) is 99.0 cm³/mol. The smallest absolute Gasteiger partial charge is 0.490 e. The Bertz CT molecular complexity index is 1010. The maximum absolute atomic E-state index is 11.8. The number of benzene rings is 1. The Morgan fingerprint density at radius 3 is 2.52 bits per heavy atom. The largest absolute Gasteiger partial charge is 0.509 e. The summed E-state index contributed by atoms with van der Waals surface area (Å²) < 4.78 is 38.7. The van der Waals surface area contributed by atoms with Gasteiger partial charge in [-0.3, -0.25) is 0 Å². The topological polar surface area (TPSA) is 129 Å². The molecule has 0 amide bonds. The summed E-state index contributed by atoms with van der Waals surface area (Å²) in [4.78, 5) is 23.6. The second-order valence-electron chi connectivity index (χ2n) is 7.28. The second kappa shape index (κ2) is 6.82. The molecular formula is C19H21NO9. The molecule has 2 N–H and O–H groups in total. The third-order valence-electron chi connectivity index (χ3n) is 5.01. The van der Waals surface area contributed by atoms with E-state index < -0.39 is 42.0 Å². The summed E-state index contributed by atoms with van der Waals surface area (Å²) in [6, 6.07) is 4.76. The number of nitrogen functional groups attached to an aromatic ring is 1. The van der Waals surface area contributed by atoms with Crippen molar-refractivity contribution in [1.29, 1.82) is 0 Å². The zero-order valence-corrected chi connectivity index (χ0v) is 16.3. The van der Waals surface area contributed by atoms with Gasteiger partial charge in [-0.2, -0.15) is 0 Å². The van der Waals surface area contributed by atoms with E-state index in [1.807, 2.05) is 0 Å². The van der Waals surface area contributed by atoms with Crippen LogP contribution < -0.4 is 20.8 Å². The van der Waals surface area contributed by atoms with E-state index in [-0.39, 0.29) is 22.8 Å². The van der Waals surface area contributed by atoms with Crippen molar-refractivity contribution in [1.82, 2.24) is 0 Å². The lowest BCUT2D eigenvalue weighted by Gasteiger charge is -2.45. The van der Waals surface area contributed by atoms with Crippen LogP contribution >= 0.6 is 0 Å². The van der Waals surface area contributed by atoms with Crippen molar-refractivity contribution >= 4 is 22.8 Å². The van der Waals surface area contributed by atoms with Crippen molar-refractivity contribution in [3.05, 3.63) is 28.6 Å². The number of ether oxygens (including phenoxy) is 6. The SMILES string of the molecule is COc1c(O[C@@H]2OC(C)(C)[C@H](OC)[C@H]3OC(=O)O[C@@H]23)ccc2cc(N)c(=O)oc12. The van der Waals surface area contributed by atoms with Crippen LogP contribution in [-0.4, -0.2) is 50.6 Å². The molecule has 4 rings (SSSR count). The van der Waals surface area contributed by atoms with Gasteiger partial charge in [0.15, 0.2) is 17.4 Å². The Kier molecular flexibility index (Phi) is 4.55. The molecule has 0 radical (unpaired) electrons. The van der Waals surface area contributed by atoms with Crippen LogP contribution in [0.2, 0.25) is 0 Å². The molecule has 4 atom stereocenters. The van der Waals surface area contributed by atoms with Gasteiger partial charge >= 0.3 is 11.8 Å². The van der Waals surface area contributed by atoms with E-state index in [4.69, 9.17) is 38.6 Å². The van der Waals surface area contributed by atoms with Crippen LogP contribution in [0.15, 0.2) is 27.4 Å². The number of rotatable bonds is 4. The highest BCUT2D eigenvalue weighted by atomic mass is 16.8. The van der Waals surface area contributed by atoms with Gasteiger partial charge in [0.05, 0.1) is 12.7 Å². The van der Waals surface area contributed by atoms with E-state index in [0.717, 1.165) is 0 Å². The molecule has 2 aliphatic heterocycles. The minimum absolute atomic E-state index is 0.0194. The zero-order valence-electron chi connectivity index (χ0n) is 16.3. The fourth-order valence-corrected chi connectivity index (χ4v) is 3.73. The minimum Gasteiger partial charge on any atom is -0.490 e. The molecule has 3 heterocycles. The Balaban J connectivity index is 1.73. The molecule has 2 fully saturated rings. The van der Waals surface area contributed by atoms with Crippen molar-refractivity contribution in [2.75, 3.05) is 20.0 Å². The summed E-state index contributed by atoms with van der Waals surface area (Å²) >= 11 is 0. The molecule has 1 aromatic heterocycles. The highest BCUT2D eigenvalue weighted by molar-refractivity contribution is 5.87. The lowest BCUT2D eigenvalue weighted by Crippen LogP contribution is -2.62. The number of hydrogen-bond donors (Lipinski definition) is 1. The van der Waals surface area contributed by atoms with Gasteiger partial charge in [0.25, 0.3) is 0 Å². The lowest BCUT2D eigenvalue weighted by atomic mass is 9.89. The quantitative estimate of drug-likeness (QED) is 0.592. The summed E-state index contributed by atoms with van der Waals surface area (Å²) in [5.74, 6) is 0.406. The molecule has 156 valence electrons. The number of carbonyl (C=O) groups excluding carboxylic acids is 1. The van der Waals surface area contributed by atoms with Crippen LogP contribution in [0.1, 0.15) is 13.8 Å². The van der Waals surface area contributed by atoms with Gasteiger partial charge in [-0.15, -0.1) is 0 Å². The third kappa shape index (κ3) is 3.14. The van der Waals surface area contributed by atoms with Crippen molar-refractivity contribution in [3.8, 4) is 11.5 Å². The van der Waals surface area contributed by atoms with Gasteiger partial charge in [0.1, 0.15) is 11.8 Å². The Hall–Kier alpha value is -2.98. The summed E-state index contributed by atoms with van der Waals surface area (Å²) in [6.07, 6.45) is -3.98. The standard InChI is InChI=1S/C19H21NO9/c1-19(2)15(24-4)13-14(28-18(22)27-13)17(29-19)25-10-6-5-8-7-9(20)16(21)26-11(8)12(10)23-3/h5-7,13-15,17H,20H2,1-4H3/t13-,14+,15+,17+/m0/s1. The normalized spacial score (nSPS) is 27.8. The number of anilines is 1. The number of methoxy groups -OCH3 is 2. The molecule has 0 saturated carbocycles. The fourth-order valence-electron chi connectivity index (χ4n) is 3.73. The van der Waals surface area contributed by atoms with E-state index in [0.29, 0.717) is 5.39 Å². The summed E-state index contributed by atoms with van der Waals surface area (Å²) in [6.45, 7) is 3.58. The molecule has 10 heteroatoms. The molecule has 0 unspecified atom stereocenters. The molecule has 2 saturated heterocycles. The van der Waals surface area contributed by atoms with Gasteiger partial charge in [0.2, 0.25) is 18.1 Å². The van der Waals surface area contributed by atoms with Gasteiger partial charge in [-0.05, 0) is 32.0 Å². The molecule has 0 bridgehead atoms. The molecule has 0 aliphatic carbocycles. The Labute approximate surface area is 165 Å². The van der Waals surface area contributed by atoms with E-state index >= 15 is 0 Å². The molecule has 2 aliphatic rings. The monoisotopic (exact) mass is 407 g/mol. The summed E-state index contributed by atoms with van der Waals surface area (Å²) in [5.41, 5.74) is 4.23. The molecule has 2 aromatic rings. The highest BCUT2D eigenvalue weighted by Gasteiger charge is 2.59. The van der Waals surface area contributed by atoms with E-state index in [9.17, 15) is 9.59 Å². The summed E-state index contributed by atoms with van der Waals surface area (Å²) in [5, 5.41) is 0.559. The molecular weight excluding hydrogens is 386 g/mol. The number of carbonyl (C=O) groups is 1. The predicted octanol–water partition coefficient (Wildman–Crippen LogP) is 1.82. The molecule has 10 nitrogen and oxygen atoms in total. The highest BCUT2D eigenvalue weighted by Crippen LogP contribution is 2.41. The molecule has 1 aromatic carbocycles. The van der Waals surface area contributed by atoms with Crippen molar-refractivity contribution in [3.63, 3.8) is 0 Å². The molecule has 29 heavy (non-hydrogen) atoms. The average molecular weight is 407 g/mol. The maximum atomic E-state index is 11.8. The zero-order chi connectivity index (χ0) is 20.9. The van der Waals surface area contributed by atoms with Crippen molar-refractivity contribution in [2.45, 2.75) is 44.1 Å². The average Bonchev–Trinajstić information content (AvgIpc) is 3.03. The Morgan fingerprint density at radius 1 is 1.10 bits per heavy atom. The number of fused-ring (bicyclic) bond motifs is 2. The minimum atomic E-state index is -1.01. The first-order chi connectivity index (χ1) is 13.7. The van der Waals surface area contributed by atoms with Crippen LogP contribution in [0.3, 0.4) is 0 Å². The summed E-state index contributed by atoms with van der Waals surface area (Å²) in [7, 11) is 2.91. The van der Waals surface area contributed by atoms with Gasteiger partial charge in [-0.25, -0.2) is 9.59 Å². The third-order valence-corrected chi connectivity index (χ3v) is 5.01. The van der Waals surface area contributed by atoms with Gasteiger partial charge in [0, 0.05) is 12.5 Å². The first kappa shape index (κ1) is 19.3.